The van der Waals surface area contributed by atoms with Gasteiger partial charge in [0.25, 0.3) is 0 Å². The first kappa shape index (κ1) is 17.4. The lowest BCUT2D eigenvalue weighted by Crippen LogP contribution is -2.43. The molecule has 1 fully saturated rings. The predicted octanol–water partition coefficient (Wildman–Crippen LogP) is 1.84. The second-order valence-corrected chi connectivity index (χ2v) is 7.09. The van der Waals surface area contributed by atoms with Gasteiger partial charge in [0.1, 0.15) is 0 Å². The van der Waals surface area contributed by atoms with Gasteiger partial charge in [0, 0.05) is 19.6 Å². The summed E-state index contributed by atoms with van der Waals surface area (Å²) in [5, 5.41) is 2.96. The minimum Gasteiger partial charge on any atom is -0.355 e. The van der Waals surface area contributed by atoms with E-state index >= 15 is 0 Å². The molecule has 0 spiro atoms. The fourth-order valence-corrected chi connectivity index (χ4v) is 3.23. The van der Waals surface area contributed by atoms with Crippen molar-refractivity contribution in [2.45, 2.75) is 53.0 Å². The third-order valence-corrected chi connectivity index (χ3v) is 3.96. The van der Waals surface area contributed by atoms with Crippen molar-refractivity contribution in [3.63, 3.8) is 0 Å². The molecule has 1 heterocycles. The maximum atomic E-state index is 11.8. The molecule has 0 aromatic rings. The van der Waals surface area contributed by atoms with E-state index in [1.54, 1.807) is 0 Å². The second-order valence-electron chi connectivity index (χ2n) is 7.09. The molecule has 1 aliphatic heterocycles. The van der Waals surface area contributed by atoms with Crippen LogP contribution < -0.4 is 11.1 Å². The van der Waals surface area contributed by atoms with Crippen molar-refractivity contribution in [3.05, 3.63) is 0 Å². The highest BCUT2D eigenvalue weighted by molar-refractivity contribution is 5.81. The van der Waals surface area contributed by atoms with Crippen LogP contribution in [0.2, 0.25) is 0 Å². The molecule has 1 saturated heterocycles. The van der Waals surface area contributed by atoms with E-state index in [-0.39, 0.29) is 11.9 Å². The molecule has 1 amide bonds. The summed E-state index contributed by atoms with van der Waals surface area (Å²) in [5.74, 6) is 2.06. The Morgan fingerprint density at radius 2 is 1.90 bits per heavy atom. The zero-order valence-electron chi connectivity index (χ0n) is 13.7. The Labute approximate surface area is 124 Å². The van der Waals surface area contributed by atoms with E-state index in [0.717, 1.165) is 37.8 Å². The topological polar surface area (TPSA) is 58.4 Å². The molecule has 0 bridgehead atoms. The van der Waals surface area contributed by atoms with Crippen LogP contribution in [0.1, 0.15) is 47.0 Å². The van der Waals surface area contributed by atoms with Gasteiger partial charge in [-0.15, -0.1) is 0 Å². The molecule has 1 rings (SSSR count). The van der Waals surface area contributed by atoms with Crippen LogP contribution in [-0.2, 0) is 4.79 Å². The Morgan fingerprint density at radius 1 is 1.30 bits per heavy atom. The molecule has 20 heavy (non-hydrogen) atoms. The van der Waals surface area contributed by atoms with Crippen LogP contribution in [-0.4, -0.2) is 43.0 Å². The molecule has 2 unspecified atom stereocenters. The number of piperidine rings is 1. The Bertz CT molecular complexity index is 283. The zero-order chi connectivity index (χ0) is 15.1. The van der Waals surface area contributed by atoms with E-state index in [2.05, 4.69) is 37.9 Å². The third-order valence-electron chi connectivity index (χ3n) is 3.96. The Morgan fingerprint density at radius 3 is 2.45 bits per heavy atom. The normalized spacial score (nSPS) is 25.7. The van der Waals surface area contributed by atoms with Gasteiger partial charge in [-0.2, -0.15) is 0 Å². The van der Waals surface area contributed by atoms with Gasteiger partial charge in [-0.1, -0.05) is 27.7 Å². The van der Waals surface area contributed by atoms with E-state index in [4.69, 9.17) is 5.73 Å². The number of likely N-dealkylation sites (tertiary alicyclic amines) is 1. The maximum absolute atomic E-state index is 11.8. The van der Waals surface area contributed by atoms with Gasteiger partial charge in [0.05, 0.1) is 6.04 Å². The SMILES string of the molecule is CC(C)C[C@H](N)C(=O)NCCCN1CC(C)CC(C)C1. The fraction of sp³-hybridized carbons (Fsp3) is 0.938. The van der Waals surface area contributed by atoms with E-state index in [9.17, 15) is 4.79 Å². The summed E-state index contributed by atoms with van der Waals surface area (Å²) in [5.41, 5.74) is 5.86. The highest BCUT2D eigenvalue weighted by Gasteiger charge is 2.21. The first-order chi connectivity index (χ1) is 9.38. The summed E-state index contributed by atoms with van der Waals surface area (Å²) in [6.45, 7) is 13.1. The number of amides is 1. The Kier molecular flexibility index (Phi) is 7.52. The molecular formula is C16H33N3O. The lowest BCUT2D eigenvalue weighted by molar-refractivity contribution is -0.122. The lowest BCUT2D eigenvalue weighted by Gasteiger charge is -2.34. The van der Waals surface area contributed by atoms with Crippen LogP contribution in [0.15, 0.2) is 0 Å². The summed E-state index contributed by atoms with van der Waals surface area (Å²) in [4.78, 5) is 14.3. The third kappa shape index (κ3) is 6.71. The van der Waals surface area contributed by atoms with Crippen molar-refractivity contribution in [1.29, 1.82) is 0 Å². The van der Waals surface area contributed by atoms with Gasteiger partial charge in [-0.05, 0) is 43.6 Å². The number of carbonyl (C=O) groups is 1. The van der Waals surface area contributed by atoms with E-state index in [1.165, 1.54) is 19.5 Å². The molecule has 4 heteroatoms. The number of carbonyl (C=O) groups excluding carboxylic acids is 1. The van der Waals surface area contributed by atoms with Gasteiger partial charge in [0.15, 0.2) is 0 Å². The summed E-state index contributed by atoms with van der Waals surface area (Å²) >= 11 is 0. The number of nitrogens with one attached hydrogen (secondary N) is 1. The molecule has 0 aliphatic carbocycles. The first-order valence-electron chi connectivity index (χ1n) is 8.14. The number of rotatable bonds is 7. The minimum absolute atomic E-state index is 0.000852. The van der Waals surface area contributed by atoms with Gasteiger partial charge in [0.2, 0.25) is 5.91 Å². The van der Waals surface area contributed by atoms with Crippen molar-refractivity contribution in [3.8, 4) is 0 Å². The zero-order valence-corrected chi connectivity index (χ0v) is 13.7. The van der Waals surface area contributed by atoms with Crippen LogP contribution >= 0.6 is 0 Å². The average Bonchev–Trinajstić information content (AvgIpc) is 2.32. The lowest BCUT2D eigenvalue weighted by atomic mass is 9.92. The average molecular weight is 283 g/mol. The Hall–Kier alpha value is -0.610. The van der Waals surface area contributed by atoms with Crippen LogP contribution in [0, 0.1) is 17.8 Å². The minimum atomic E-state index is -0.356. The predicted molar refractivity (Wildman–Crippen MR) is 84.4 cm³/mol. The highest BCUT2D eigenvalue weighted by atomic mass is 16.2. The quantitative estimate of drug-likeness (QED) is 0.701. The molecule has 1 aliphatic rings. The van der Waals surface area contributed by atoms with Crippen LogP contribution in [0.5, 0.6) is 0 Å². The van der Waals surface area contributed by atoms with Gasteiger partial charge >= 0.3 is 0 Å². The molecule has 3 atom stereocenters. The van der Waals surface area contributed by atoms with Crippen molar-refractivity contribution >= 4 is 5.91 Å². The summed E-state index contributed by atoms with van der Waals surface area (Å²) in [7, 11) is 0. The molecule has 0 saturated carbocycles. The molecular weight excluding hydrogens is 250 g/mol. The standard InChI is InChI=1S/C16H33N3O/c1-12(2)8-15(17)16(20)18-6-5-7-19-10-13(3)9-14(4)11-19/h12-15H,5-11,17H2,1-4H3,(H,18,20)/t13?,14?,15-/m0/s1. The number of nitrogens with two attached hydrogens (primary N) is 1. The van der Waals surface area contributed by atoms with E-state index < -0.39 is 0 Å². The fourth-order valence-electron chi connectivity index (χ4n) is 3.23. The second kappa shape index (κ2) is 8.63. The van der Waals surface area contributed by atoms with Crippen molar-refractivity contribution in [1.82, 2.24) is 10.2 Å². The summed E-state index contributed by atoms with van der Waals surface area (Å²) in [6, 6.07) is -0.356. The molecule has 0 aromatic heterocycles. The van der Waals surface area contributed by atoms with Gasteiger partial charge in [-0.3, -0.25) is 4.79 Å². The van der Waals surface area contributed by atoms with Crippen molar-refractivity contribution in [2.75, 3.05) is 26.2 Å². The van der Waals surface area contributed by atoms with E-state index in [0.29, 0.717) is 5.92 Å². The first-order valence-corrected chi connectivity index (χ1v) is 8.14. The van der Waals surface area contributed by atoms with Crippen LogP contribution in [0.25, 0.3) is 0 Å². The van der Waals surface area contributed by atoms with E-state index in [1.807, 2.05) is 0 Å². The van der Waals surface area contributed by atoms with Gasteiger partial charge in [-0.25, -0.2) is 0 Å². The summed E-state index contributed by atoms with van der Waals surface area (Å²) < 4.78 is 0. The molecule has 0 radical (unpaired) electrons. The Balaban J connectivity index is 2.13. The number of hydrogen-bond acceptors (Lipinski definition) is 3. The van der Waals surface area contributed by atoms with Gasteiger partial charge < -0.3 is 16.0 Å². The van der Waals surface area contributed by atoms with Crippen LogP contribution in [0.4, 0.5) is 0 Å². The number of hydrogen-bond donors (Lipinski definition) is 2. The molecule has 3 N–H and O–H groups in total. The number of nitrogens with zero attached hydrogens (tertiary/aromatic N) is 1. The van der Waals surface area contributed by atoms with Crippen molar-refractivity contribution < 1.29 is 4.79 Å². The van der Waals surface area contributed by atoms with Crippen molar-refractivity contribution in [2.24, 2.45) is 23.5 Å². The molecule has 0 aromatic carbocycles. The largest absolute Gasteiger partial charge is 0.355 e. The monoisotopic (exact) mass is 283 g/mol. The smallest absolute Gasteiger partial charge is 0.236 e. The highest BCUT2D eigenvalue weighted by Crippen LogP contribution is 2.20. The maximum Gasteiger partial charge on any atom is 0.236 e. The summed E-state index contributed by atoms with van der Waals surface area (Å²) in [6.07, 6.45) is 3.11. The van der Waals surface area contributed by atoms with Crippen LogP contribution in [0.3, 0.4) is 0 Å². The molecule has 118 valence electrons. The molecule has 4 nitrogen and oxygen atoms in total.